The van der Waals surface area contributed by atoms with Crippen molar-refractivity contribution in [3.05, 3.63) is 86.3 Å². The summed E-state index contributed by atoms with van der Waals surface area (Å²) in [6, 6.07) is 13.9. The highest BCUT2D eigenvalue weighted by Gasteiger charge is 2.13. The molecule has 0 aliphatic carbocycles. The van der Waals surface area contributed by atoms with Crippen LogP contribution in [0.25, 0.3) is 28.0 Å². The van der Waals surface area contributed by atoms with Crippen LogP contribution < -0.4 is 11.2 Å². The minimum absolute atomic E-state index is 0.178. The Labute approximate surface area is 177 Å². The smallest absolute Gasteiger partial charge is 0.349 e. The molecule has 0 spiro atoms. The Hall–Kier alpha value is -3.74. The van der Waals surface area contributed by atoms with Crippen LogP contribution in [0, 0.1) is 5.82 Å². The molecule has 0 amide bonds. The number of rotatable bonds is 7. The molecule has 6 nitrogen and oxygen atoms in total. The molecule has 31 heavy (non-hydrogen) atoms. The zero-order chi connectivity index (χ0) is 21.8. The summed E-state index contributed by atoms with van der Waals surface area (Å²) in [5, 5.41) is 4.64. The van der Waals surface area contributed by atoms with E-state index in [1.54, 1.807) is 6.21 Å². The van der Waals surface area contributed by atoms with Crippen molar-refractivity contribution in [2.75, 3.05) is 0 Å². The monoisotopic (exact) mass is 418 g/mol. The molecule has 2 heterocycles. The third-order valence-electron chi connectivity index (χ3n) is 5.15. The number of aromatic nitrogens is 3. The summed E-state index contributed by atoms with van der Waals surface area (Å²) in [6.07, 6.45) is 7.51. The summed E-state index contributed by atoms with van der Waals surface area (Å²) in [5.41, 5.74) is 1.70. The molecule has 0 unspecified atom stereocenters. The summed E-state index contributed by atoms with van der Waals surface area (Å²) < 4.78 is 14.4. The van der Waals surface area contributed by atoms with Gasteiger partial charge in [-0.1, -0.05) is 56.2 Å². The topological polar surface area (TPSA) is 83.0 Å². The fourth-order valence-corrected chi connectivity index (χ4v) is 3.57. The molecule has 0 bridgehead atoms. The highest BCUT2D eigenvalue weighted by Crippen LogP contribution is 2.21. The van der Waals surface area contributed by atoms with E-state index in [0.29, 0.717) is 10.9 Å². The van der Waals surface area contributed by atoms with E-state index in [1.807, 2.05) is 36.4 Å². The molecule has 0 atom stereocenters. The average Bonchev–Trinajstić information content (AvgIpc) is 3.12. The molecular formula is C24H23FN4O2. The van der Waals surface area contributed by atoms with Crippen LogP contribution in [0.1, 0.15) is 38.2 Å². The van der Waals surface area contributed by atoms with Crippen molar-refractivity contribution in [1.82, 2.24) is 14.6 Å². The number of allylic oxidation sites excluding steroid dienone is 1. The fraction of sp³-hybridized carbons (Fsp3) is 0.208. The third kappa shape index (κ3) is 4.40. The van der Waals surface area contributed by atoms with Crippen molar-refractivity contribution in [2.24, 2.45) is 5.10 Å². The van der Waals surface area contributed by atoms with Crippen molar-refractivity contribution in [1.29, 1.82) is 0 Å². The molecule has 7 heteroatoms. The summed E-state index contributed by atoms with van der Waals surface area (Å²) in [6.45, 7) is 2.13. The predicted octanol–water partition coefficient (Wildman–Crippen LogP) is 4.81. The molecular weight excluding hydrogens is 395 g/mol. The van der Waals surface area contributed by atoms with Gasteiger partial charge in [-0.05, 0) is 42.2 Å². The molecule has 158 valence electrons. The van der Waals surface area contributed by atoms with Crippen molar-refractivity contribution in [3.63, 3.8) is 0 Å². The highest BCUT2D eigenvalue weighted by molar-refractivity contribution is 6.04. The number of H-pyrrole nitrogens is 2. The van der Waals surface area contributed by atoms with Crippen LogP contribution in [0.2, 0.25) is 0 Å². The number of hydrogen-bond donors (Lipinski definition) is 2. The lowest BCUT2D eigenvalue weighted by Gasteiger charge is -2.03. The summed E-state index contributed by atoms with van der Waals surface area (Å²) >= 11 is 0. The van der Waals surface area contributed by atoms with Gasteiger partial charge in [0, 0.05) is 10.9 Å². The maximum absolute atomic E-state index is 13.6. The van der Waals surface area contributed by atoms with Crippen LogP contribution in [-0.4, -0.2) is 20.9 Å². The van der Waals surface area contributed by atoms with Gasteiger partial charge in [0.1, 0.15) is 11.3 Å². The molecule has 0 radical (unpaired) electrons. The van der Waals surface area contributed by atoms with Crippen molar-refractivity contribution >= 4 is 34.2 Å². The zero-order valence-corrected chi connectivity index (χ0v) is 17.2. The Bertz CT molecular complexity index is 1390. The Morgan fingerprint density at radius 2 is 1.87 bits per heavy atom. The van der Waals surface area contributed by atoms with Crippen molar-refractivity contribution < 1.29 is 4.39 Å². The summed E-state index contributed by atoms with van der Waals surface area (Å²) in [7, 11) is 0. The molecule has 0 aliphatic heterocycles. The number of halogens is 1. The summed E-state index contributed by atoms with van der Waals surface area (Å²) in [4.78, 5) is 31.1. The maximum Gasteiger partial charge on any atom is 0.350 e. The van der Waals surface area contributed by atoms with Crippen LogP contribution >= 0.6 is 0 Å². The Morgan fingerprint density at radius 3 is 2.65 bits per heavy atom. The Kier molecular flexibility index (Phi) is 5.93. The number of unbranched alkanes of at least 4 members (excludes halogenated alkanes) is 2. The standard InChI is InChI=1S/C24H23FN4O2/c1-2-3-5-10-17(13-16-8-6-4-7-9-16)15-26-29-23(30)22-21(28-24(29)31)19-14-18(25)11-12-20(19)27-22/h4,6-9,11-15,27H,2-3,5,10H2,1H3,(H,28,31)/b17-13+,26-15+. The van der Waals surface area contributed by atoms with Gasteiger partial charge in [-0.3, -0.25) is 4.79 Å². The average molecular weight is 418 g/mol. The number of fused-ring (bicyclic) bond motifs is 3. The van der Waals surface area contributed by atoms with Gasteiger partial charge in [-0.15, -0.1) is 4.68 Å². The number of benzene rings is 2. The maximum atomic E-state index is 13.6. The molecule has 0 saturated carbocycles. The molecule has 0 aliphatic rings. The van der Waals surface area contributed by atoms with Gasteiger partial charge in [-0.25, -0.2) is 9.18 Å². The van der Waals surface area contributed by atoms with Gasteiger partial charge in [0.2, 0.25) is 0 Å². The first-order valence-corrected chi connectivity index (χ1v) is 10.3. The normalized spacial score (nSPS) is 12.4. The lowest BCUT2D eigenvalue weighted by atomic mass is 10.1. The first-order valence-electron chi connectivity index (χ1n) is 10.3. The van der Waals surface area contributed by atoms with Crippen LogP contribution in [0.15, 0.2) is 68.8 Å². The van der Waals surface area contributed by atoms with Gasteiger partial charge >= 0.3 is 11.2 Å². The van der Waals surface area contributed by atoms with Crippen molar-refractivity contribution in [3.8, 4) is 0 Å². The Morgan fingerprint density at radius 1 is 1.06 bits per heavy atom. The van der Waals surface area contributed by atoms with Gasteiger partial charge in [-0.2, -0.15) is 5.10 Å². The molecule has 2 aromatic heterocycles. The summed E-state index contributed by atoms with van der Waals surface area (Å²) in [5.74, 6) is -0.445. The number of hydrogen-bond acceptors (Lipinski definition) is 3. The first kappa shape index (κ1) is 20.5. The van der Waals surface area contributed by atoms with Crippen LogP contribution in [-0.2, 0) is 0 Å². The molecule has 4 aromatic rings. The second kappa shape index (κ2) is 8.95. The van der Waals surface area contributed by atoms with Gasteiger partial charge in [0.05, 0.1) is 11.7 Å². The van der Waals surface area contributed by atoms with Crippen molar-refractivity contribution in [2.45, 2.75) is 32.6 Å². The molecule has 2 N–H and O–H groups in total. The zero-order valence-electron chi connectivity index (χ0n) is 17.2. The van der Waals surface area contributed by atoms with E-state index in [0.717, 1.165) is 41.5 Å². The molecule has 2 aromatic carbocycles. The SMILES string of the molecule is CCCCCC(/C=N/n1c(=O)[nH]c2c([nH]c3ccc(F)cc32)c1=O)=C\c1ccccc1. The van der Waals surface area contributed by atoms with Gasteiger partial charge in [0.15, 0.2) is 0 Å². The molecule has 4 rings (SSSR count). The van der Waals surface area contributed by atoms with E-state index in [1.165, 1.54) is 18.2 Å². The van der Waals surface area contributed by atoms with E-state index in [9.17, 15) is 14.0 Å². The van der Waals surface area contributed by atoms with Crippen LogP contribution in [0.5, 0.6) is 0 Å². The lowest BCUT2D eigenvalue weighted by Crippen LogP contribution is -2.32. The minimum atomic E-state index is -0.675. The largest absolute Gasteiger partial charge is 0.350 e. The number of nitrogens with zero attached hydrogens (tertiary/aromatic N) is 2. The first-order chi connectivity index (χ1) is 15.1. The predicted molar refractivity (Wildman–Crippen MR) is 123 cm³/mol. The van der Waals surface area contributed by atoms with Crippen LogP contribution in [0.3, 0.4) is 0 Å². The third-order valence-corrected chi connectivity index (χ3v) is 5.15. The van der Waals surface area contributed by atoms with Gasteiger partial charge in [0.25, 0.3) is 0 Å². The molecule has 0 saturated heterocycles. The minimum Gasteiger partial charge on any atom is -0.349 e. The van der Waals surface area contributed by atoms with Gasteiger partial charge < -0.3 is 9.97 Å². The highest BCUT2D eigenvalue weighted by atomic mass is 19.1. The van der Waals surface area contributed by atoms with E-state index in [2.05, 4.69) is 22.0 Å². The van der Waals surface area contributed by atoms with E-state index < -0.39 is 17.1 Å². The number of nitrogens with one attached hydrogen (secondary N) is 2. The van der Waals surface area contributed by atoms with E-state index >= 15 is 0 Å². The van der Waals surface area contributed by atoms with Crippen LogP contribution in [0.4, 0.5) is 4.39 Å². The number of aromatic amines is 2. The van der Waals surface area contributed by atoms with E-state index in [4.69, 9.17) is 0 Å². The quantitative estimate of drug-likeness (QED) is 0.334. The fourth-order valence-electron chi connectivity index (χ4n) is 3.57. The second-order valence-electron chi connectivity index (χ2n) is 7.44. The second-order valence-corrected chi connectivity index (χ2v) is 7.44. The van der Waals surface area contributed by atoms with E-state index in [-0.39, 0.29) is 11.0 Å². The molecule has 0 fully saturated rings. The Balaban J connectivity index is 1.76. The lowest BCUT2D eigenvalue weighted by molar-refractivity contribution is 0.630.